The highest BCUT2D eigenvalue weighted by Crippen LogP contribution is 2.32. The fourth-order valence-corrected chi connectivity index (χ4v) is 4.43. The summed E-state index contributed by atoms with van der Waals surface area (Å²) in [5, 5.41) is 7.48. The van der Waals surface area contributed by atoms with Crippen molar-refractivity contribution >= 4 is 11.6 Å². The van der Waals surface area contributed by atoms with Gasteiger partial charge in [0.05, 0.1) is 18.9 Å². The minimum Gasteiger partial charge on any atom is -0.379 e. The Labute approximate surface area is 210 Å². The second-order valence-corrected chi connectivity index (χ2v) is 8.80. The molecule has 0 bridgehead atoms. The predicted molar refractivity (Wildman–Crippen MR) is 141 cm³/mol. The van der Waals surface area contributed by atoms with Gasteiger partial charge in [-0.05, 0) is 23.3 Å². The standard InChI is InChI=1S/C29H28N4O3/c1-32-29(35)26(25(22-8-4-2-5-9-22)27(31-32)23-10-6-3-7-11-23)28(34)30-24-14-12-21(13-15-24)20-33-16-18-36-19-17-33/h2-15H,16-20H2,1H3,(H,30,34). The highest BCUT2D eigenvalue weighted by atomic mass is 16.5. The van der Waals surface area contributed by atoms with Crippen molar-refractivity contribution in [1.82, 2.24) is 14.7 Å². The van der Waals surface area contributed by atoms with Crippen LogP contribution in [0.25, 0.3) is 22.4 Å². The number of benzene rings is 3. The number of ether oxygens (including phenoxy) is 1. The minimum absolute atomic E-state index is 0.0648. The van der Waals surface area contributed by atoms with Crippen LogP contribution < -0.4 is 10.9 Å². The maximum absolute atomic E-state index is 13.6. The van der Waals surface area contributed by atoms with Gasteiger partial charge in [0, 0.05) is 43.5 Å². The molecule has 0 saturated carbocycles. The Morgan fingerprint density at radius 2 is 1.50 bits per heavy atom. The summed E-state index contributed by atoms with van der Waals surface area (Å²) in [7, 11) is 1.57. The number of amides is 1. The third-order valence-corrected chi connectivity index (χ3v) is 6.30. The summed E-state index contributed by atoms with van der Waals surface area (Å²) in [6.45, 7) is 4.17. The quantitative estimate of drug-likeness (QED) is 0.448. The van der Waals surface area contributed by atoms with Crippen LogP contribution in [0.1, 0.15) is 15.9 Å². The largest absolute Gasteiger partial charge is 0.379 e. The number of hydrogen-bond acceptors (Lipinski definition) is 5. The third kappa shape index (κ3) is 5.12. The Morgan fingerprint density at radius 1 is 0.889 bits per heavy atom. The van der Waals surface area contributed by atoms with Crippen molar-refractivity contribution in [3.8, 4) is 22.4 Å². The first-order chi connectivity index (χ1) is 17.6. The molecule has 0 radical (unpaired) electrons. The minimum atomic E-state index is -0.463. The van der Waals surface area contributed by atoms with Gasteiger partial charge in [-0.2, -0.15) is 5.10 Å². The van der Waals surface area contributed by atoms with Gasteiger partial charge >= 0.3 is 0 Å². The molecule has 0 aliphatic carbocycles. The first-order valence-corrected chi connectivity index (χ1v) is 12.0. The lowest BCUT2D eigenvalue weighted by Gasteiger charge is -2.26. The Kier molecular flexibility index (Phi) is 7.02. The smallest absolute Gasteiger partial charge is 0.280 e. The molecular formula is C29H28N4O3. The lowest BCUT2D eigenvalue weighted by Crippen LogP contribution is -2.35. The van der Waals surface area contributed by atoms with E-state index in [1.54, 1.807) is 7.05 Å². The van der Waals surface area contributed by atoms with E-state index in [1.165, 1.54) is 4.68 Å². The first kappa shape index (κ1) is 23.7. The Bertz CT molecular complexity index is 1390. The van der Waals surface area contributed by atoms with E-state index in [0.29, 0.717) is 16.9 Å². The van der Waals surface area contributed by atoms with E-state index in [1.807, 2.05) is 84.9 Å². The molecule has 182 valence electrons. The lowest BCUT2D eigenvalue weighted by molar-refractivity contribution is 0.0342. The average molecular weight is 481 g/mol. The number of anilines is 1. The van der Waals surface area contributed by atoms with E-state index in [9.17, 15) is 9.59 Å². The van der Waals surface area contributed by atoms with Crippen LogP contribution >= 0.6 is 0 Å². The van der Waals surface area contributed by atoms with E-state index in [2.05, 4.69) is 15.3 Å². The summed E-state index contributed by atoms with van der Waals surface area (Å²) in [5.41, 5.74) is 4.09. The molecule has 7 nitrogen and oxygen atoms in total. The number of rotatable bonds is 6. The van der Waals surface area contributed by atoms with Gasteiger partial charge in [0.1, 0.15) is 5.56 Å². The zero-order chi connectivity index (χ0) is 24.9. The highest BCUT2D eigenvalue weighted by molar-refractivity contribution is 6.10. The van der Waals surface area contributed by atoms with Gasteiger partial charge in [0.15, 0.2) is 0 Å². The molecular weight excluding hydrogens is 452 g/mol. The second-order valence-electron chi connectivity index (χ2n) is 8.80. The number of hydrogen-bond donors (Lipinski definition) is 1. The molecule has 0 atom stereocenters. The summed E-state index contributed by atoms with van der Waals surface area (Å²) in [6, 6.07) is 26.8. The van der Waals surface area contributed by atoms with Crippen LogP contribution in [-0.2, 0) is 18.3 Å². The molecule has 36 heavy (non-hydrogen) atoms. The van der Waals surface area contributed by atoms with Crippen LogP contribution in [-0.4, -0.2) is 46.9 Å². The molecule has 7 heteroatoms. The number of aryl methyl sites for hydroxylation is 1. The topological polar surface area (TPSA) is 76.5 Å². The maximum Gasteiger partial charge on any atom is 0.280 e. The third-order valence-electron chi connectivity index (χ3n) is 6.30. The van der Waals surface area contributed by atoms with E-state index >= 15 is 0 Å². The summed E-state index contributed by atoms with van der Waals surface area (Å²) in [5.74, 6) is -0.463. The molecule has 1 fully saturated rings. The number of aromatic nitrogens is 2. The number of nitrogens with zero attached hydrogens (tertiary/aromatic N) is 3. The van der Waals surface area contributed by atoms with Gasteiger partial charge < -0.3 is 10.1 Å². The molecule has 4 aromatic rings. The van der Waals surface area contributed by atoms with Crippen LogP contribution in [0.5, 0.6) is 0 Å². The Morgan fingerprint density at radius 3 is 2.14 bits per heavy atom. The van der Waals surface area contributed by atoms with Gasteiger partial charge in [0.2, 0.25) is 0 Å². The fraction of sp³-hybridized carbons (Fsp3) is 0.207. The van der Waals surface area contributed by atoms with E-state index in [0.717, 1.165) is 49.5 Å². The van der Waals surface area contributed by atoms with Crippen molar-refractivity contribution < 1.29 is 9.53 Å². The van der Waals surface area contributed by atoms with Gasteiger partial charge in [0.25, 0.3) is 11.5 Å². The van der Waals surface area contributed by atoms with Crippen molar-refractivity contribution in [3.05, 3.63) is 106 Å². The van der Waals surface area contributed by atoms with E-state index in [4.69, 9.17) is 4.74 Å². The monoisotopic (exact) mass is 480 g/mol. The van der Waals surface area contributed by atoms with Crippen molar-refractivity contribution in [2.75, 3.05) is 31.6 Å². The normalized spacial score (nSPS) is 13.9. The predicted octanol–water partition coefficient (Wildman–Crippen LogP) is 4.20. The summed E-state index contributed by atoms with van der Waals surface area (Å²) < 4.78 is 6.65. The molecule has 3 aromatic carbocycles. The molecule has 1 amide bonds. The van der Waals surface area contributed by atoms with Crippen molar-refractivity contribution in [3.63, 3.8) is 0 Å². The maximum atomic E-state index is 13.6. The zero-order valence-corrected chi connectivity index (χ0v) is 20.2. The van der Waals surface area contributed by atoms with Crippen LogP contribution in [0.4, 0.5) is 5.69 Å². The molecule has 1 aliphatic rings. The molecule has 1 saturated heterocycles. The van der Waals surface area contributed by atoms with Crippen molar-refractivity contribution in [1.29, 1.82) is 0 Å². The van der Waals surface area contributed by atoms with Gasteiger partial charge in [-0.25, -0.2) is 4.68 Å². The second kappa shape index (κ2) is 10.7. The molecule has 2 heterocycles. The van der Waals surface area contributed by atoms with Gasteiger partial charge in [-0.3, -0.25) is 14.5 Å². The van der Waals surface area contributed by atoms with E-state index in [-0.39, 0.29) is 5.56 Å². The lowest BCUT2D eigenvalue weighted by atomic mass is 9.95. The molecule has 1 N–H and O–H groups in total. The molecule has 0 unspecified atom stereocenters. The highest BCUT2D eigenvalue weighted by Gasteiger charge is 2.24. The Balaban J connectivity index is 1.50. The summed E-state index contributed by atoms with van der Waals surface area (Å²) >= 11 is 0. The van der Waals surface area contributed by atoms with E-state index < -0.39 is 11.5 Å². The number of carbonyl (C=O) groups is 1. The molecule has 1 aromatic heterocycles. The first-order valence-electron chi connectivity index (χ1n) is 12.0. The van der Waals surface area contributed by atoms with Crippen molar-refractivity contribution in [2.24, 2.45) is 7.05 Å². The number of carbonyl (C=O) groups excluding carboxylic acids is 1. The van der Waals surface area contributed by atoms with Crippen LogP contribution in [0, 0.1) is 0 Å². The average Bonchev–Trinajstić information content (AvgIpc) is 2.92. The van der Waals surface area contributed by atoms with Crippen molar-refractivity contribution in [2.45, 2.75) is 6.54 Å². The van der Waals surface area contributed by atoms with Crippen LogP contribution in [0.15, 0.2) is 89.7 Å². The molecule has 1 aliphatic heterocycles. The summed E-state index contributed by atoms with van der Waals surface area (Å²) in [6.07, 6.45) is 0. The summed E-state index contributed by atoms with van der Waals surface area (Å²) in [4.78, 5) is 29.2. The SMILES string of the molecule is Cn1nc(-c2ccccc2)c(-c2ccccc2)c(C(=O)Nc2ccc(CN3CCOCC3)cc2)c1=O. The number of nitrogens with one attached hydrogen (secondary N) is 1. The van der Waals surface area contributed by atoms with Crippen LogP contribution in [0.3, 0.4) is 0 Å². The molecule has 0 spiro atoms. The number of morpholine rings is 1. The Hall–Kier alpha value is -4.07. The zero-order valence-electron chi connectivity index (χ0n) is 20.2. The molecule has 5 rings (SSSR count). The van der Waals surface area contributed by atoms with Gasteiger partial charge in [-0.15, -0.1) is 0 Å². The fourth-order valence-electron chi connectivity index (χ4n) is 4.43. The van der Waals surface area contributed by atoms with Crippen LogP contribution in [0.2, 0.25) is 0 Å². The van der Waals surface area contributed by atoms with Gasteiger partial charge in [-0.1, -0.05) is 72.8 Å².